The largest absolute Gasteiger partial charge is 0.497 e. The highest BCUT2D eigenvalue weighted by molar-refractivity contribution is 5.87. The number of carbonyl (C=O) groups is 1. The van der Waals surface area contributed by atoms with Crippen molar-refractivity contribution in [2.45, 2.75) is 6.10 Å². The van der Waals surface area contributed by atoms with E-state index in [0.29, 0.717) is 5.75 Å². The molecule has 1 aromatic rings. The summed E-state index contributed by atoms with van der Waals surface area (Å²) in [5, 5.41) is 32.5. The molecule has 0 amide bonds. The zero-order valence-electron chi connectivity index (χ0n) is 9.41. The van der Waals surface area contributed by atoms with Gasteiger partial charge in [0.25, 0.3) is 0 Å². The number of carboxylic acids is 1. The van der Waals surface area contributed by atoms with E-state index in [4.69, 9.17) is 25.2 Å². The Morgan fingerprint density at radius 2 is 1.71 bits per heavy atom. The van der Waals surface area contributed by atoms with Gasteiger partial charge in [-0.3, -0.25) is 0 Å². The van der Waals surface area contributed by atoms with Crippen LogP contribution in [-0.2, 0) is 0 Å². The van der Waals surface area contributed by atoms with E-state index in [2.05, 4.69) is 0 Å². The van der Waals surface area contributed by atoms with E-state index in [1.165, 1.54) is 19.2 Å². The van der Waals surface area contributed by atoms with Crippen LogP contribution in [0.3, 0.4) is 0 Å². The average molecular weight is 244 g/mol. The van der Waals surface area contributed by atoms with Crippen LogP contribution in [0.1, 0.15) is 10.4 Å². The summed E-state index contributed by atoms with van der Waals surface area (Å²) in [5.41, 5.74) is 0.269. The first-order valence-corrected chi connectivity index (χ1v) is 4.82. The molecule has 0 atom stereocenters. The number of hydrogen-bond donors (Lipinski definition) is 4. The second-order valence-corrected chi connectivity index (χ2v) is 3.05. The summed E-state index contributed by atoms with van der Waals surface area (Å²) >= 11 is 0. The van der Waals surface area contributed by atoms with Gasteiger partial charge >= 0.3 is 5.97 Å². The fraction of sp³-hybridized carbons (Fsp3) is 0.364. The third-order valence-corrected chi connectivity index (χ3v) is 1.76. The van der Waals surface area contributed by atoms with Gasteiger partial charge in [-0.25, -0.2) is 4.79 Å². The van der Waals surface area contributed by atoms with Crippen molar-refractivity contribution in [2.75, 3.05) is 20.3 Å². The molecule has 0 saturated heterocycles. The van der Waals surface area contributed by atoms with Gasteiger partial charge in [-0.05, 0) is 24.3 Å². The number of hydrogen-bond acceptors (Lipinski definition) is 5. The molecule has 0 radical (unpaired) electrons. The number of benzene rings is 1. The Balaban J connectivity index is 0.000000366. The molecule has 0 aliphatic heterocycles. The van der Waals surface area contributed by atoms with E-state index in [1.807, 2.05) is 0 Å². The van der Waals surface area contributed by atoms with E-state index in [1.54, 1.807) is 12.1 Å². The van der Waals surface area contributed by atoms with Crippen molar-refractivity contribution in [3.05, 3.63) is 29.8 Å². The van der Waals surface area contributed by atoms with Crippen molar-refractivity contribution in [1.82, 2.24) is 0 Å². The molecule has 96 valence electrons. The molecular formula is C11H16O6. The van der Waals surface area contributed by atoms with Gasteiger partial charge in [0.05, 0.1) is 25.9 Å². The summed E-state index contributed by atoms with van der Waals surface area (Å²) in [6.07, 6.45) is -0.954. The monoisotopic (exact) mass is 244 g/mol. The second kappa shape index (κ2) is 8.51. The summed E-state index contributed by atoms with van der Waals surface area (Å²) in [6, 6.07) is 6.23. The molecule has 0 unspecified atom stereocenters. The standard InChI is InChI=1S/C8H8O3.C3H8O3/c1-11-7-4-2-6(3-5-7)8(9)10;4-1-3(6)2-5/h2-5H,1H3,(H,9,10);3-6H,1-2H2. The Morgan fingerprint density at radius 1 is 1.24 bits per heavy atom. The van der Waals surface area contributed by atoms with E-state index in [0.717, 1.165) is 0 Å². The number of aliphatic hydroxyl groups is 3. The maximum absolute atomic E-state index is 10.4. The van der Waals surface area contributed by atoms with E-state index in [-0.39, 0.29) is 18.8 Å². The van der Waals surface area contributed by atoms with Crippen LogP contribution < -0.4 is 4.74 Å². The zero-order chi connectivity index (χ0) is 13.3. The predicted molar refractivity (Wildman–Crippen MR) is 60.1 cm³/mol. The average Bonchev–Trinajstić information content (AvgIpc) is 2.38. The van der Waals surface area contributed by atoms with Gasteiger partial charge in [0.2, 0.25) is 0 Å². The molecule has 0 saturated carbocycles. The number of aromatic carboxylic acids is 1. The molecule has 1 aromatic carbocycles. The first-order valence-electron chi connectivity index (χ1n) is 4.82. The third kappa shape index (κ3) is 6.52. The molecule has 6 nitrogen and oxygen atoms in total. The lowest BCUT2D eigenvalue weighted by atomic mass is 10.2. The number of methoxy groups -OCH3 is 1. The van der Waals surface area contributed by atoms with E-state index < -0.39 is 12.1 Å². The van der Waals surface area contributed by atoms with Crippen LogP contribution >= 0.6 is 0 Å². The second-order valence-electron chi connectivity index (χ2n) is 3.05. The van der Waals surface area contributed by atoms with Gasteiger partial charge in [0, 0.05) is 0 Å². The Bertz CT molecular complexity index is 317. The zero-order valence-corrected chi connectivity index (χ0v) is 9.41. The van der Waals surface area contributed by atoms with Gasteiger partial charge < -0.3 is 25.2 Å². The Hall–Kier alpha value is -1.63. The Labute approximate surface area is 98.7 Å². The van der Waals surface area contributed by atoms with Crippen molar-refractivity contribution < 1.29 is 30.0 Å². The van der Waals surface area contributed by atoms with Gasteiger partial charge in [0.15, 0.2) is 0 Å². The normalized spacial score (nSPS) is 9.47. The first-order chi connectivity index (χ1) is 8.04. The van der Waals surface area contributed by atoms with Crippen molar-refractivity contribution in [2.24, 2.45) is 0 Å². The predicted octanol–water partition coefficient (Wildman–Crippen LogP) is -0.275. The summed E-state index contributed by atoms with van der Waals surface area (Å²) in [4.78, 5) is 10.4. The molecule has 1 rings (SSSR count). The SMILES string of the molecule is COc1ccc(C(=O)O)cc1.OCC(O)CO. The van der Waals surface area contributed by atoms with E-state index >= 15 is 0 Å². The lowest BCUT2D eigenvalue weighted by Gasteiger charge is -1.98. The number of rotatable bonds is 4. The lowest BCUT2D eigenvalue weighted by Crippen LogP contribution is -2.15. The van der Waals surface area contributed by atoms with Crippen LogP contribution in [-0.4, -0.2) is 52.8 Å². The summed E-state index contributed by atoms with van der Waals surface area (Å²) in [7, 11) is 1.54. The first kappa shape index (κ1) is 15.4. The minimum absolute atomic E-state index is 0.269. The van der Waals surface area contributed by atoms with Crippen LogP contribution in [0.5, 0.6) is 5.75 Å². The summed E-state index contributed by atoms with van der Waals surface area (Å²) in [5.74, 6) is -0.261. The Morgan fingerprint density at radius 3 is 1.94 bits per heavy atom. The highest BCUT2D eigenvalue weighted by Gasteiger charge is 2.00. The number of ether oxygens (including phenoxy) is 1. The molecule has 0 aromatic heterocycles. The quantitative estimate of drug-likeness (QED) is 0.580. The molecule has 17 heavy (non-hydrogen) atoms. The van der Waals surface area contributed by atoms with Crippen molar-refractivity contribution in [3.63, 3.8) is 0 Å². The molecule has 6 heteroatoms. The summed E-state index contributed by atoms with van der Waals surface area (Å²) in [6.45, 7) is -0.729. The van der Waals surface area contributed by atoms with Gasteiger partial charge in [0.1, 0.15) is 11.9 Å². The molecule has 0 spiro atoms. The highest BCUT2D eigenvalue weighted by atomic mass is 16.5. The maximum atomic E-state index is 10.4. The van der Waals surface area contributed by atoms with Crippen molar-refractivity contribution in [1.29, 1.82) is 0 Å². The van der Waals surface area contributed by atoms with Crippen molar-refractivity contribution in [3.8, 4) is 5.75 Å². The molecule has 0 fully saturated rings. The Kier molecular flexibility index (Phi) is 7.70. The fourth-order valence-electron chi connectivity index (χ4n) is 0.791. The van der Waals surface area contributed by atoms with E-state index in [9.17, 15) is 4.79 Å². The fourth-order valence-corrected chi connectivity index (χ4v) is 0.791. The van der Waals surface area contributed by atoms with Gasteiger partial charge in [-0.1, -0.05) is 0 Å². The number of aliphatic hydroxyl groups excluding tert-OH is 3. The molecule has 0 heterocycles. The smallest absolute Gasteiger partial charge is 0.335 e. The van der Waals surface area contributed by atoms with Crippen LogP contribution in [0.15, 0.2) is 24.3 Å². The third-order valence-electron chi connectivity index (χ3n) is 1.76. The minimum Gasteiger partial charge on any atom is -0.497 e. The molecule has 4 N–H and O–H groups in total. The minimum atomic E-state index is -0.954. The molecule has 0 aliphatic rings. The molecule has 0 bridgehead atoms. The van der Waals surface area contributed by atoms with Crippen LogP contribution in [0.4, 0.5) is 0 Å². The van der Waals surface area contributed by atoms with Crippen molar-refractivity contribution >= 4 is 5.97 Å². The summed E-state index contributed by atoms with van der Waals surface area (Å²) < 4.78 is 4.86. The maximum Gasteiger partial charge on any atom is 0.335 e. The van der Waals surface area contributed by atoms with Crippen LogP contribution in [0, 0.1) is 0 Å². The molecule has 0 aliphatic carbocycles. The number of carboxylic acid groups (broad SMARTS) is 1. The topological polar surface area (TPSA) is 107 Å². The van der Waals surface area contributed by atoms with Crippen LogP contribution in [0.2, 0.25) is 0 Å². The van der Waals surface area contributed by atoms with Crippen LogP contribution in [0.25, 0.3) is 0 Å². The molecular weight excluding hydrogens is 228 g/mol. The van der Waals surface area contributed by atoms with Gasteiger partial charge in [-0.15, -0.1) is 0 Å². The van der Waals surface area contributed by atoms with Gasteiger partial charge in [-0.2, -0.15) is 0 Å². The highest BCUT2D eigenvalue weighted by Crippen LogP contribution is 2.10. The lowest BCUT2D eigenvalue weighted by molar-refractivity contribution is 0.0450.